The first-order valence-electron chi connectivity index (χ1n) is 3.66. The Hall–Kier alpha value is -1.01. The molecule has 0 aromatic heterocycles. The molecule has 0 aromatic rings. The summed E-state index contributed by atoms with van der Waals surface area (Å²) < 4.78 is 0. The number of nitrogens with one attached hydrogen (secondary N) is 2. The molecule has 0 atom stereocenters. The first-order chi connectivity index (χ1) is 5.31. The van der Waals surface area contributed by atoms with Crippen LogP contribution < -0.4 is 10.6 Å². The highest BCUT2D eigenvalue weighted by Crippen LogP contribution is 1.77. The van der Waals surface area contributed by atoms with E-state index in [1.807, 2.05) is 7.05 Å². The summed E-state index contributed by atoms with van der Waals surface area (Å²) in [6.07, 6.45) is 6.12. The average Bonchev–Trinajstić information content (AvgIpc) is 2.01. The molecular weight excluding hydrogens is 140 g/mol. The van der Waals surface area contributed by atoms with Gasteiger partial charge in [-0.25, -0.2) is 0 Å². The van der Waals surface area contributed by atoms with E-state index in [0.29, 0.717) is 25.9 Å². The van der Waals surface area contributed by atoms with E-state index >= 15 is 0 Å². The van der Waals surface area contributed by atoms with Crippen LogP contribution in [0.2, 0.25) is 0 Å². The Morgan fingerprint density at radius 2 is 2.27 bits per heavy atom. The molecule has 0 rings (SSSR count). The Kier molecular flexibility index (Phi) is 6.45. The molecule has 0 fully saturated rings. The van der Waals surface area contributed by atoms with Crippen molar-refractivity contribution in [3.05, 3.63) is 0 Å². The number of carbonyl (C=O) groups excluding carboxylic acids is 1. The van der Waals surface area contributed by atoms with E-state index in [0.717, 1.165) is 0 Å². The average molecular weight is 154 g/mol. The van der Waals surface area contributed by atoms with E-state index in [1.54, 1.807) is 0 Å². The maximum Gasteiger partial charge on any atom is 0.221 e. The van der Waals surface area contributed by atoms with Gasteiger partial charge < -0.3 is 10.6 Å². The zero-order valence-electron chi connectivity index (χ0n) is 6.81. The molecule has 0 heterocycles. The number of carbonyl (C=O) groups is 1. The fourth-order valence-corrected chi connectivity index (χ4v) is 0.601. The number of rotatable bonds is 5. The van der Waals surface area contributed by atoms with Crippen molar-refractivity contribution in [1.82, 2.24) is 10.6 Å². The smallest absolute Gasteiger partial charge is 0.221 e. The SMILES string of the molecule is C#CCCNC(=O)CCNC. The lowest BCUT2D eigenvalue weighted by Gasteiger charge is -2.01. The Morgan fingerprint density at radius 1 is 1.55 bits per heavy atom. The molecule has 1 amide bonds. The van der Waals surface area contributed by atoms with Crippen molar-refractivity contribution in [1.29, 1.82) is 0 Å². The van der Waals surface area contributed by atoms with Gasteiger partial charge in [-0.2, -0.15) is 0 Å². The molecule has 0 unspecified atom stereocenters. The van der Waals surface area contributed by atoms with Crippen LogP contribution in [0.1, 0.15) is 12.8 Å². The molecule has 0 aliphatic rings. The molecule has 0 aliphatic heterocycles. The van der Waals surface area contributed by atoms with Gasteiger partial charge in [-0.3, -0.25) is 4.79 Å². The maximum absolute atomic E-state index is 10.9. The van der Waals surface area contributed by atoms with E-state index in [1.165, 1.54) is 0 Å². The molecule has 11 heavy (non-hydrogen) atoms. The van der Waals surface area contributed by atoms with Crippen LogP contribution in [-0.4, -0.2) is 26.0 Å². The highest BCUT2D eigenvalue weighted by Gasteiger charge is 1.96. The Morgan fingerprint density at radius 3 is 2.82 bits per heavy atom. The molecule has 0 saturated heterocycles. The van der Waals surface area contributed by atoms with Gasteiger partial charge in [-0.05, 0) is 7.05 Å². The van der Waals surface area contributed by atoms with E-state index in [-0.39, 0.29) is 5.91 Å². The minimum atomic E-state index is 0.0506. The van der Waals surface area contributed by atoms with Crippen LogP contribution in [0.15, 0.2) is 0 Å². The fraction of sp³-hybridized carbons (Fsp3) is 0.625. The van der Waals surface area contributed by atoms with E-state index < -0.39 is 0 Å². The molecule has 0 saturated carbocycles. The van der Waals surface area contributed by atoms with Gasteiger partial charge in [0.1, 0.15) is 0 Å². The molecule has 0 aromatic carbocycles. The van der Waals surface area contributed by atoms with Gasteiger partial charge in [-0.1, -0.05) is 0 Å². The van der Waals surface area contributed by atoms with Crippen molar-refractivity contribution in [2.45, 2.75) is 12.8 Å². The van der Waals surface area contributed by atoms with E-state index in [2.05, 4.69) is 16.6 Å². The second kappa shape index (κ2) is 7.10. The van der Waals surface area contributed by atoms with Crippen LogP contribution in [0.25, 0.3) is 0 Å². The normalized spacial score (nSPS) is 8.73. The summed E-state index contributed by atoms with van der Waals surface area (Å²) in [6, 6.07) is 0. The predicted molar refractivity (Wildman–Crippen MR) is 45.0 cm³/mol. The van der Waals surface area contributed by atoms with Crippen LogP contribution in [0.3, 0.4) is 0 Å². The molecule has 62 valence electrons. The largest absolute Gasteiger partial charge is 0.355 e. The minimum Gasteiger partial charge on any atom is -0.355 e. The Balaban J connectivity index is 3.17. The highest BCUT2D eigenvalue weighted by atomic mass is 16.1. The molecule has 3 nitrogen and oxygen atoms in total. The molecular formula is C8H14N2O. The summed E-state index contributed by atoms with van der Waals surface area (Å²) in [5.41, 5.74) is 0. The number of hydrogen-bond acceptors (Lipinski definition) is 2. The zero-order chi connectivity index (χ0) is 8.53. The van der Waals surface area contributed by atoms with Gasteiger partial charge in [0.25, 0.3) is 0 Å². The highest BCUT2D eigenvalue weighted by molar-refractivity contribution is 5.76. The first kappa shape index (κ1) is 9.99. The van der Waals surface area contributed by atoms with Crippen molar-refractivity contribution in [2.75, 3.05) is 20.1 Å². The predicted octanol–water partition coefficient (Wildman–Crippen LogP) is -0.265. The second-order valence-corrected chi connectivity index (χ2v) is 2.16. The lowest BCUT2D eigenvalue weighted by atomic mass is 10.3. The van der Waals surface area contributed by atoms with Crippen molar-refractivity contribution >= 4 is 5.91 Å². The van der Waals surface area contributed by atoms with Crippen LogP contribution in [0, 0.1) is 12.3 Å². The number of amides is 1. The van der Waals surface area contributed by atoms with Crippen LogP contribution >= 0.6 is 0 Å². The van der Waals surface area contributed by atoms with Gasteiger partial charge in [0, 0.05) is 25.9 Å². The summed E-state index contributed by atoms with van der Waals surface area (Å²) in [6.45, 7) is 1.29. The third-order valence-corrected chi connectivity index (χ3v) is 1.19. The molecule has 2 N–H and O–H groups in total. The van der Waals surface area contributed by atoms with Crippen molar-refractivity contribution in [3.63, 3.8) is 0 Å². The summed E-state index contributed by atoms with van der Waals surface area (Å²) in [5.74, 6) is 2.50. The first-order valence-corrected chi connectivity index (χ1v) is 3.66. The lowest BCUT2D eigenvalue weighted by Crippen LogP contribution is -2.27. The summed E-state index contributed by atoms with van der Waals surface area (Å²) >= 11 is 0. The van der Waals surface area contributed by atoms with E-state index in [4.69, 9.17) is 6.42 Å². The van der Waals surface area contributed by atoms with Crippen LogP contribution in [0.4, 0.5) is 0 Å². The monoisotopic (exact) mass is 154 g/mol. The third-order valence-electron chi connectivity index (χ3n) is 1.19. The van der Waals surface area contributed by atoms with Crippen LogP contribution in [0.5, 0.6) is 0 Å². The third kappa shape index (κ3) is 6.88. The topological polar surface area (TPSA) is 41.1 Å². The molecule has 0 spiro atoms. The van der Waals surface area contributed by atoms with Gasteiger partial charge in [0.2, 0.25) is 5.91 Å². The van der Waals surface area contributed by atoms with Gasteiger partial charge >= 0.3 is 0 Å². The Bertz CT molecular complexity index is 149. The second-order valence-electron chi connectivity index (χ2n) is 2.16. The van der Waals surface area contributed by atoms with Crippen molar-refractivity contribution in [3.8, 4) is 12.3 Å². The zero-order valence-corrected chi connectivity index (χ0v) is 6.81. The van der Waals surface area contributed by atoms with Gasteiger partial charge in [-0.15, -0.1) is 12.3 Å². The summed E-state index contributed by atoms with van der Waals surface area (Å²) in [7, 11) is 1.81. The standard InChI is InChI=1S/C8H14N2O/c1-3-4-6-10-8(11)5-7-9-2/h1,9H,4-7H2,2H3,(H,10,11). The maximum atomic E-state index is 10.9. The van der Waals surface area contributed by atoms with Crippen molar-refractivity contribution < 1.29 is 4.79 Å². The summed E-state index contributed by atoms with van der Waals surface area (Å²) in [4.78, 5) is 10.9. The number of hydrogen-bond donors (Lipinski definition) is 2. The van der Waals surface area contributed by atoms with Gasteiger partial charge in [0.05, 0.1) is 0 Å². The quantitative estimate of drug-likeness (QED) is 0.423. The molecule has 0 radical (unpaired) electrons. The minimum absolute atomic E-state index is 0.0506. The van der Waals surface area contributed by atoms with E-state index in [9.17, 15) is 4.79 Å². The van der Waals surface area contributed by atoms with Gasteiger partial charge in [0.15, 0.2) is 0 Å². The lowest BCUT2D eigenvalue weighted by molar-refractivity contribution is -0.120. The van der Waals surface area contributed by atoms with Crippen LogP contribution in [-0.2, 0) is 4.79 Å². The Labute approximate surface area is 67.6 Å². The molecule has 0 aliphatic carbocycles. The number of terminal acetylenes is 1. The fourth-order valence-electron chi connectivity index (χ4n) is 0.601. The molecule has 0 bridgehead atoms. The van der Waals surface area contributed by atoms with Crippen molar-refractivity contribution in [2.24, 2.45) is 0 Å². The summed E-state index contributed by atoms with van der Waals surface area (Å²) in [5, 5.41) is 5.58. The molecule has 3 heteroatoms.